The predicted molar refractivity (Wildman–Crippen MR) is 82.8 cm³/mol. The zero-order valence-corrected chi connectivity index (χ0v) is 13.9. The summed E-state index contributed by atoms with van der Waals surface area (Å²) in [6, 6.07) is 4.34. The quantitative estimate of drug-likeness (QED) is 0.772. The zero-order valence-electron chi connectivity index (χ0n) is 13.1. The van der Waals surface area contributed by atoms with Gasteiger partial charge in [-0.05, 0) is 37.5 Å². The molecule has 0 aromatic heterocycles. The molecule has 0 bridgehead atoms. The molecule has 0 spiro atoms. The zero-order chi connectivity index (χ0) is 16.0. The van der Waals surface area contributed by atoms with Crippen molar-refractivity contribution in [3.8, 4) is 5.75 Å². The van der Waals surface area contributed by atoms with Crippen molar-refractivity contribution < 1.29 is 18.3 Å². The van der Waals surface area contributed by atoms with Crippen LogP contribution in [0.5, 0.6) is 5.75 Å². The molecular formula is C15H25NO4S. The molecule has 6 heteroatoms. The highest BCUT2D eigenvalue weighted by molar-refractivity contribution is 7.89. The summed E-state index contributed by atoms with van der Waals surface area (Å²) >= 11 is 0. The normalized spacial score (nSPS) is 14.7. The summed E-state index contributed by atoms with van der Waals surface area (Å²) in [5.41, 5.74) is 0.454. The Bertz CT molecular complexity index is 557. The van der Waals surface area contributed by atoms with E-state index in [-0.39, 0.29) is 17.5 Å². The summed E-state index contributed by atoms with van der Waals surface area (Å²) in [6.45, 7) is 5.78. The van der Waals surface area contributed by atoms with Crippen LogP contribution in [0.2, 0.25) is 0 Å². The Morgan fingerprint density at radius 2 is 2.00 bits per heavy atom. The van der Waals surface area contributed by atoms with Gasteiger partial charge in [0.25, 0.3) is 0 Å². The fourth-order valence-electron chi connectivity index (χ4n) is 2.20. The van der Waals surface area contributed by atoms with Crippen LogP contribution in [0, 0.1) is 5.92 Å². The summed E-state index contributed by atoms with van der Waals surface area (Å²) in [4.78, 5) is 0.142. The van der Waals surface area contributed by atoms with E-state index in [1.807, 2.05) is 6.92 Å². The van der Waals surface area contributed by atoms with E-state index in [1.165, 1.54) is 19.2 Å². The second kappa shape index (κ2) is 7.77. The molecule has 1 aromatic rings. The number of benzene rings is 1. The van der Waals surface area contributed by atoms with Crippen molar-refractivity contribution >= 4 is 10.0 Å². The smallest absolute Gasteiger partial charge is 0.240 e. The Kier molecular flexibility index (Phi) is 6.64. The maximum Gasteiger partial charge on any atom is 0.240 e. The van der Waals surface area contributed by atoms with Crippen LogP contribution in [0.25, 0.3) is 0 Å². The molecule has 2 atom stereocenters. The molecule has 0 radical (unpaired) electrons. The van der Waals surface area contributed by atoms with Gasteiger partial charge in [-0.3, -0.25) is 0 Å². The molecule has 2 N–H and O–H groups in total. The Balaban J connectivity index is 2.92. The number of rotatable bonds is 8. The van der Waals surface area contributed by atoms with E-state index in [2.05, 4.69) is 18.6 Å². The number of aliphatic hydroxyl groups excluding tert-OH is 1. The second-order valence-corrected chi connectivity index (χ2v) is 7.12. The van der Waals surface area contributed by atoms with Crippen molar-refractivity contribution in [3.05, 3.63) is 23.8 Å². The first-order valence-electron chi connectivity index (χ1n) is 7.14. The summed E-state index contributed by atoms with van der Waals surface area (Å²) < 4.78 is 32.4. The lowest BCUT2D eigenvalue weighted by Gasteiger charge is -2.18. The fraction of sp³-hybridized carbons (Fsp3) is 0.600. The van der Waals surface area contributed by atoms with E-state index in [0.29, 0.717) is 17.2 Å². The number of hydrogen-bond acceptors (Lipinski definition) is 4. The van der Waals surface area contributed by atoms with Crippen LogP contribution in [0.15, 0.2) is 23.1 Å². The van der Waals surface area contributed by atoms with Gasteiger partial charge in [0, 0.05) is 11.6 Å². The Morgan fingerprint density at radius 3 is 2.52 bits per heavy atom. The van der Waals surface area contributed by atoms with E-state index < -0.39 is 10.0 Å². The first-order valence-corrected chi connectivity index (χ1v) is 8.62. The van der Waals surface area contributed by atoms with Crippen LogP contribution in [-0.4, -0.2) is 26.7 Å². The monoisotopic (exact) mass is 315 g/mol. The SMILES string of the molecule is CCC(C)CC(C)NS(=O)(=O)c1ccc(OC)c(CO)c1. The van der Waals surface area contributed by atoms with E-state index in [4.69, 9.17) is 4.74 Å². The summed E-state index contributed by atoms with van der Waals surface area (Å²) in [6.07, 6.45) is 1.81. The molecule has 0 saturated heterocycles. The molecule has 2 unspecified atom stereocenters. The summed E-state index contributed by atoms with van der Waals surface area (Å²) in [7, 11) is -2.11. The van der Waals surface area contributed by atoms with E-state index in [9.17, 15) is 13.5 Å². The highest BCUT2D eigenvalue weighted by Gasteiger charge is 2.19. The van der Waals surface area contributed by atoms with Gasteiger partial charge in [-0.1, -0.05) is 20.3 Å². The molecule has 0 saturated carbocycles. The number of ether oxygens (including phenoxy) is 1. The third kappa shape index (κ3) is 4.98. The number of sulfonamides is 1. The van der Waals surface area contributed by atoms with Gasteiger partial charge in [-0.15, -0.1) is 0 Å². The van der Waals surface area contributed by atoms with Crippen LogP contribution in [0.3, 0.4) is 0 Å². The largest absolute Gasteiger partial charge is 0.496 e. The first-order chi connectivity index (χ1) is 9.83. The maximum absolute atomic E-state index is 12.3. The molecule has 0 aliphatic rings. The van der Waals surface area contributed by atoms with Gasteiger partial charge in [0.1, 0.15) is 5.75 Å². The van der Waals surface area contributed by atoms with Crippen molar-refractivity contribution in [2.75, 3.05) is 7.11 Å². The third-order valence-corrected chi connectivity index (χ3v) is 5.13. The molecular weight excluding hydrogens is 290 g/mol. The van der Waals surface area contributed by atoms with Gasteiger partial charge in [-0.25, -0.2) is 13.1 Å². The average Bonchev–Trinajstić information content (AvgIpc) is 2.45. The molecule has 21 heavy (non-hydrogen) atoms. The molecule has 120 valence electrons. The fourth-order valence-corrected chi connectivity index (χ4v) is 3.50. The average molecular weight is 315 g/mol. The first kappa shape index (κ1) is 17.9. The number of aliphatic hydroxyl groups is 1. The van der Waals surface area contributed by atoms with Crippen LogP contribution in [0.1, 0.15) is 39.2 Å². The minimum Gasteiger partial charge on any atom is -0.496 e. The molecule has 0 amide bonds. The lowest BCUT2D eigenvalue weighted by molar-refractivity contribution is 0.273. The minimum absolute atomic E-state index is 0.135. The van der Waals surface area contributed by atoms with Gasteiger partial charge in [0.2, 0.25) is 10.0 Å². The van der Waals surface area contributed by atoms with Gasteiger partial charge in [-0.2, -0.15) is 0 Å². The molecule has 5 nitrogen and oxygen atoms in total. The topological polar surface area (TPSA) is 75.6 Å². The van der Waals surface area contributed by atoms with Crippen molar-refractivity contribution in [2.45, 2.75) is 51.2 Å². The molecule has 0 fully saturated rings. The highest BCUT2D eigenvalue weighted by Crippen LogP contribution is 2.23. The maximum atomic E-state index is 12.3. The lowest BCUT2D eigenvalue weighted by atomic mass is 10.0. The Labute approximate surface area is 127 Å². The van der Waals surface area contributed by atoms with Crippen LogP contribution in [0.4, 0.5) is 0 Å². The second-order valence-electron chi connectivity index (χ2n) is 5.40. The van der Waals surface area contributed by atoms with Gasteiger partial charge in [0.15, 0.2) is 0 Å². The van der Waals surface area contributed by atoms with Crippen LogP contribution >= 0.6 is 0 Å². The van der Waals surface area contributed by atoms with Gasteiger partial charge < -0.3 is 9.84 Å². The van der Waals surface area contributed by atoms with Gasteiger partial charge in [0.05, 0.1) is 18.6 Å². The molecule has 0 heterocycles. The van der Waals surface area contributed by atoms with Crippen molar-refractivity contribution in [1.82, 2.24) is 4.72 Å². The Morgan fingerprint density at radius 1 is 1.33 bits per heavy atom. The molecule has 1 aromatic carbocycles. The Hall–Kier alpha value is -1.11. The number of hydrogen-bond donors (Lipinski definition) is 2. The summed E-state index contributed by atoms with van der Waals surface area (Å²) in [5, 5.41) is 9.28. The summed E-state index contributed by atoms with van der Waals surface area (Å²) in [5.74, 6) is 0.940. The van der Waals surface area contributed by atoms with Crippen LogP contribution in [-0.2, 0) is 16.6 Å². The van der Waals surface area contributed by atoms with E-state index >= 15 is 0 Å². The van der Waals surface area contributed by atoms with Crippen molar-refractivity contribution in [1.29, 1.82) is 0 Å². The van der Waals surface area contributed by atoms with E-state index in [1.54, 1.807) is 6.07 Å². The number of methoxy groups -OCH3 is 1. The minimum atomic E-state index is -3.59. The number of nitrogens with one attached hydrogen (secondary N) is 1. The standard InChI is InChI=1S/C15H25NO4S/c1-5-11(2)8-12(3)16-21(18,19)14-6-7-15(20-4)13(9-14)10-17/h6-7,9,11-12,16-17H,5,8,10H2,1-4H3. The predicted octanol–water partition coefficient (Wildman–Crippen LogP) is 2.29. The molecule has 0 aliphatic heterocycles. The third-order valence-electron chi connectivity index (χ3n) is 3.54. The van der Waals surface area contributed by atoms with Crippen LogP contribution < -0.4 is 9.46 Å². The van der Waals surface area contributed by atoms with E-state index in [0.717, 1.165) is 12.8 Å². The lowest BCUT2D eigenvalue weighted by Crippen LogP contribution is -2.33. The molecule has 1 rings (SSSR count). The highest BCUT2D eigenvalue weighted by atomic mass is 32.2. The van der Waals surface area contributed by atoms with Crippen molar-refractivity contribution in [3.63, 3.8) is 0 Å². The molecule has 0 aliphatic carbocycles. The van der Waals surface area contributed by atoms with Crippen molar-refractivity contribution in [2.24, 2.45) is 5.92 Å². The van der Waals surface area contributed by atoms with Gasteiger partial charge >= 0.3 is 0 Å².